The zero-order valence-electron chi connectivity index (χ0n) is 16.6. The number of halogens is 1. The van der Waals surface area contributed by atoms with Crippen molar-refractivity contribution in [1.82, 2.24) is 25.6 Å². The molecular weight excluding hydrogens is 362 g/mol. The lowest BCUT2D eigenvalue weighted by atomic mass is 10.0. The van der Waals surface area contributed by atoms with E-state index in [1.54, 1.807) is 0 Å². The number of nitrogens with zero attached hydrogens (tertiary/aromatic N) is 3. The Morgan fingerprint density at radius 3 is 2.48 bits per heavy atom. The van der Waals surface area contributed by atoms with Gasteiger partial charge in [0, 0.05) is 6.04 Å². The fraction of sp³-hybridized carbons (Fsp3) is 0.550. The summed E-state index contributed by atoms with van der Waals surface area (Å²) in [7, 11) is 0. The predicted octanol–water partition coefficient (Wildman–Crippen LogP) is 2.91. The summed E-state index contributed by atoms with van der Waals surface area (Å²) in [6.45, 7) is 10.1. The summed E-state index contributed by atoms with van der Waals surface area (Å²) in [6.07, 6.45) is 2.85. The molecular formula is C20H30ClN5O. The Labute approximate surface area is 167 Å². The van der Waals surface area contributed by atoms with Crippen LogP contribution in [0.3, 0.4) is 0 Å². The highest BCUT2D eigenvalue weighted by Gasteiger charge is 2.23. The van der Waals surface area contributed by atoms with Crippen molar-refractivity contribution in [2.75, 3.05) is 13.1 Å². The summed E-state index contributed by atoms with van der Waals surface area (Å²) in [5.74, 6) is -0.139. The molecule has 0 aliphatic carbocycles. The predicted molar refractivity (Wildman–Crippen MR) is 110 cm³/mol. The molecule has 1 aliphatic heterocycles. The van der Waals surface area contributed by atoms with E-state index < -0.39 is 0 Å². The van der Waals surface area contributed by atoms with Gasteiger partial charge in [-0.05, 0) is 65.6 Å². The number of carbonyl (C=O) groups is 1. The molecule has 1 aromatic heterocycles. The van der Waals surface area contributed by atoms with Crippen molar-refractivity contribution in [3.8, 4) is 0 Å². The lowest BCUT2D eigenvalue weighted by Gasteiger charge is -2.23. The van der Waals surface area contributed by atoms with Gasteiger partial charge in [0.15, 0.2) is 5.69 Å². The third-order valence-electron chi connectivity index (χ3n) is 5.00. The second-order valence-electron chi connectivity index (χ2n) is 7.52. The second kappa shape index (κ2) is 9.33. The van der Waals surface area contributed by atoms with Crippen LogP contribution >= 0.6 is 12.4 Å². The van der Waals surface area contributed by atoms with Crippen molar-refractivity contribution in [3.05, 3.63) is 46.3 Å². The molecule has 3 rings (SSSR count). The van der Waals surface area contributed by atoms with Gasteiger partial charge in [-0.1, -0.05) is 34.5 Å². The molecule has 0 saturated carbocycles. The van der Waals surface area contributed by atoms with Gasteiger partial charge in [-0.2, -0.15) is 0 Å². The van der Waals surface area contributed by atoms with E-state index in [-0.39, 0.29) is 24.4 Å². The smallest absolute Gasteiger partial charge is 0.273 e. The molecule has 1 atom stereocenters. The van der Waals surface area contributed by atoms with Crippen LogP contribution in [-0.4, -0.2) is 40.0 Å². The van der Waals surface area contributed by atoms with Crippen molar-refractivity contribution < 1.29 is 4.79 Å². The standard InChI is InChI=1S/C20H29N5O.ClH/c1-13-9-14(2)11-17(10-13)12-15(3)22-20(26)19-16(4)25(24-23-19)18-5-7-21-8-6-18;/h9-11,15,18,21H,5-8,12H2,1-4H3,(H,22,26);1H. The van der Waals surface area contributed by atoms with E-state index in [4.69, 9.17) is 0 Å². The first-order valence-electron chi connectivity index (χ1n) is 9.44. The summed E-state index contributed by atoms with van der Waals surface area (Å²) in [5.41, 5.74) is 5.03. The maximum absolute atomic E-state index is 12.7. The van der Waals surface area contributed by atoms with E-state index in [2.05, 4.69) is 53.0 Å². The summed E-state index contributed by atoms with van der Waals surface area (Å²) < 4.78 is 1.92. The third kappa shape index (κ3) is 5.30. The quantitative estimate of drug-likeness (QED) is 0.822. The Balaban J connectivity index is 0.00000261. The molecule has 1 amide bonds. The maximum atomic E-state index is 12.7. The Kier molecular flexibility index (Phi) is 7.39. The van der Waals surface area contributed by atoms with Crippen LogP contribution in [0.1, 0.15) is 58.7 Å². The highest BCUT2D eigenvalue weighted by Crippen LogP contribution is 2.20. The van der Waals surface area contributed by atoms with Crippen molar-refractivity contribution >= 4 is 18.3 Å². The van der Waals surface area contributed by atoms with Gasteiger partial charge in [0.2, 0.25) is 0 Å². The monoisotopic (exact) mass is 391 g/mol. The van der Waals surface area contributed by atoms with Crippen LogP contribution in [-0.2, 0) is 6.42 Å². The molecule has 2 aromatic rings. The highest BCUT2D eigenvalue weighted by molar-refractivity contribution is 5.93. The number of benzene rings is 1. The zero-order valence-corrected chi connectivity index (χ0v) is 17.4. The number of nitrogens with one attached hydrogen (secondary N) is 2. The fourth-order valence-electron chi connectivity index (χ4n) is 3.83. The molecule has 1 unspecified atom stereocenters. The fourth-order valence-corrected chi connectivity index (χ4v) is 3.83. The Morgan fingerprint density at radius 1 is 1.22 bits per heavy atom. The largest absolute Gasteiger partial charge is 0.348 e. The summed E-state index contributed by atoms with van der Waals surface area (Å²) >= 11 is 0. The van der Waals surface area contributed by atoms with E-state index in [0.717, 1.165) is 38.0 Å². The minimum atomic E-state index is -0.139. The van der Waals surface area contributed by atoms with Gasteiger partial charge < -0.3 is 10.6 Å². The topological polar surface area (TPSA) is 71.8 Å². The number of aromatic nitrogens is 3. The third-order valence-corrected chi connectivity index (χ3v) is 5.00. The molecule has 1 aliphatic rings. The van der Waals surface area contributed by atoms with Crippen molar-refractivity contribution in [3.63, 3.8) is 0 Å². The molecule has 1 fully saturated rings. The van der Waals surface area contributed by atoms with Crippen molar-refractivity contribution in [2.45, 2.75) is 59.0 Å². The first-order valence-corrected chi connectivity index (χ1v) is 9.44. The average Bonchev–Trinajstić information content (AvgIpc) is 2.96. The number of rotatable bonds is 5. The molecule has 27 heavy (non-hydrogen) atoms. The number of piperidine rings is 1. The van der Waals surface area contributed by atoms with Crippen LogP contribution in [0.5, 0.6) is 0 Å². The van der Waals surface area contributed by atoms with E-state index in [0.29, 0.717) is 11.7 Å². The van der Waals surface area contributed by atoms with Crippen molar-refractivity contribution in [1.29, 1.82) is 0 Å². The minimum Gasteiger partial charge on any atom is -0.348 e. The Hall–Kier alpha value is -1.92. The van der Waals surface area contributed by atoms with Gasteiger partial charge in [0.25, 0.3) is 5.91 Å². The van der Waals surface area contributed by atoms with Crippen LogP contribution in [0.15, 0.2) is 18.2 Å². The summed E-state index contributed by atoms with van der Waals surface area (Å²) in [6, 6.07) is 6.88. The van der Waals surface area contributed by atoms with Gasteiger partial charge in [-0.3, -0.25) is 4.79 Å². The van der Waals surface area contributed by atoms with Crippen LogP contribution in [0.4, 0.5) is 0 Å². The lowest BCUT2D eigenvalue weighted by molar-refractivity contribution is 0.0934. The molecule has 148 valence electrons. The molecule has 0 bridgehead atoms. The molecule has 2 heterocycles. The van der Waals surface area contributed by atoms with E-state index >= 15 is 0 Å². The minimum absolute atomic E-state index is 0. The maximum Gasteiger partial charge on any atom is 0.273 e. The van der Waals surface area contributed by atoms with Crippen LogP contribution in [0.25, 0.3) is 0 Å². The molecule has 2 N–H and O–H groups in total. The molecule has 0 spiro atoms. The van der Waals surface area contributed by atoms with Gasteiger partial charge in [0.1, 0.15) is 0 Å². The first kappa shape index (κ1) is 21.4. The van der Waals surface area contributed by atoms with Crippen molar-refractivity contribution in [2.24, 2.45) is 0 Å². The number of amides is 1. The number of hydrogen-bond donors (Lipinski definition) is 2. The van der Waals surface area contributed by atoms with E-state index in [1.807, 2.05) is 18.5 Å². The Morgan fingerprint density at radius 2 is 1.85 bits per heavy atom. The first-order chi connectivity index (χ1) is 12.4. The van der Waals surface area contributed by atoms with Gasteiger partial charge in [-0.15, -0.1) is 17.5 Å². The average molecular weight is 392 g/mol. The molecule has 6 nitrogen and oxygen atoms in total. The highest BCUT2D eigenvalue weighted by atomic mass is 35.5. The normalized spacial score (nSPS) is 15.9. The lowest BCUT2D eigenvalue weighted by Crippen LogP contribution is -2.35. The second-order valence-corrected chi connectivity index (χ2v) is 7.52. The van der Waals surface area contributed by atoms with E-state index in [1.165, 1.54) is 16.7 Å². The molecule has 1 aromatic carbocycles. The van der Waals surface area contributed by atoms with Gasteiger partial charge in [-0.25, -0.2) is 4.68 Å². The SMILES string of the molecule is Cc1cc(C)cc(CC(C)NC(=O)c2nnn(C3CCNCC3)c2C)c1.Cl. The van der Waals surface area contributed by atoms with Gasteiger partial charge >= 0.3 is 0 Å². The number of aryl methyl sites for hydroxylation is 2. The van der Waals surface area contributed by atoms with Crippen LogP contribution in [0.2, 0.25) is 0 Å². The van der Waals surface area contributed by atoms with E-state index in [9.17, 15) is 4.79 Å². The summed E-state index contributed by atoms with van der Waals surface area (Å²) in [4.78, 5) is 12.7. The Bertz CT molecular complexity index is 762. The molecule has 0 radical (unpaired) electrons. The number of hydrogen-bond acceptors (Lipinski definition) is 4. The van der Waals surface area contributed by atoms with Gasteiger partial charge in [0.05, 0.1) is 11.7 Å². The summed E-state index contributed by atoms with van der Waals surface area (Å²) in [5, 5.41) is 14.8. The van der Waals surface area contributed by atoms with Crippen LogP contribution < -0.4 is 10.6 Å². The zero-order chi connectivity index (χ0) is 18.7. The van der Waals surface area contributed by atoms with Crippen LogP contribution in [0, 0.1) is 20.8 Å². The molecule has 7 heteroatoms. The molecule has 1 saturated heterocycles. The number of carbonyl (C=O) groups excluding carboxylic acids is 1.